The maximum atomic E-state index is 12.2. The van der Waals surface area contributed by atoms with Gasteiger partial charge in [0.1, 0.15) is 4.83 Å². The molecule has 5 nitrogen and oxygen atoms in total. The Labute approximate surface area is 166 Å². The number of hydrogen-bond donors (Lipinski definition) is 2. The number of hydrogen-bond acceptors (Lipinski definition) is 6. The molecular formula is C20H20N4OS2. The summed E-state index contributed by atoms with van der Waals surface area (Å²) in [6.07, 6.45) is 9.83. The number of fused-ring (bicyclic) bond motifs is 3. The lowest BCUT2D eigenvalue weighted by Gasteiger charge is -2.13. The van der Waals surface area contributed by atoms with Crippen LogP contribution in [0.5, 0.6) is 0 Å². The number of aromatic nitrogens is 2. The first-order valence-electron chi connectivity index (χ1n) is 8.90. The van der Waals surface area contributed by atoms with Crippen LogP contribution in [0.25, 0.3) is 16.3 Å². The van der Waals surface area contributed by atoms with Gasteiger partial charge in [-0.1, -0.05) is 42.1 Å². The summed E-state index contributed by atoms with van der Waals surface area (Å²) in [4.78, 5) is 23.9. The van der Waals surface area contributed by atoms with Crippen LogP contribution in [-0.4, -0.2) is 22.1 Å². The van der Waals surface area contributed by atoms with Gasteiger partial charge in [0.25, 0.3) is 5.91 Å². The number of carbonyl (C=O) groups is 1. The normalized spacial score (nSPS) is 13.7. The van der Waals surface area contributed by atoms with Crippen molar-refractivity contribution in [3.8, 4) is 0 Å². The standard InChI is InChI=1S/C20H20N4OS2/c1-26-20-21-18(17-14-9-5-6-10-15(14)27-19(17)22-20)24-23-16(25)12-11-13-7-3-2-4-8-13/h2-4,7-8,11-12H,5-6,9-10H2,1H3,(H,23,25)(H,21,22,24)/b12-11+. The highest BCUT2D eigenvalue weighted by Gasteiger charge is 2.21. The zero-order chi connectivity index (χ0) is 18.6. The molecule has 0 saturated heterocycles. The van der Waals surface area contributed by atoms with Gasteiger partial charge in [-0.2, -0.15) is 0 Å². The second kappa shape index (κ2) is 8.10. The maximum Gasteiger partial charge on any atom is 0.262 e. The molecule has 4 rings (SSSR count). The molecule has 3 aromatic rings. The number of rotatable bonds is 5. The van der Waals surface area contributed by atoms with Gasteiger partial charge in [-0.15, -0.1) is 11.3 Å². The first-order chi connectivity index (χ1) is 13.2. The largest absolute Gasteiger partial charge is 0.281 e. The van der Waals surface area contributed by atoms with Crippen LogP contribution in [0.1, 0.15) is 28.8 Å². The molecule has 1 aliphatic rings. The lowest BCUT2D eigenvalue weighted by molar-refractivity contribution is -0.116. The number of amides is 1. The quantitative estimate of drug-likeness (QED) is 0.289. The molecule has 1 aliphatic carbocycles. The summed E-state index contributed by atoms with van der Waals surface area (Å²) >= 11 is 3.26. The third-order valence-electron chi connectivity index (χ3n) is 4.51. The van der Waals surface area contributed by atoms with E-state index in [0.717, 1.165) is 28.6 Å². The Morgan fingerprint density at radius 1 is 1.19 bits per heavy atom. The van der Waals surface area contributed by atoms with E-state index < -0.39 is 0 Å². The minimum Gasteiger partial charge on any atom is -0.281 e. The number of thioether (sulfide) groups is 1. The number of hydrazine groups is 1. The number of thiophene rings is 1. The predicted molar refractivity (Wildman–Crippen MR) is 113 cm³/mol. The van der Waals surface area contributed by atoms with Gasteiger partial charge >= 0.3 is 0 Å². The molecular weight excluding hydrogens is 376 g/mol. The van der Waals surface area contributed by atoms with E-state index in [4.69, 9.17) is 0 Å². The summed E-state index contributed by atoms with van der Waals surface area (Å²) in [7, 11) is 0. The van der Waals surface area contributed by atoms with Crippen LogP contribution in [0.15, 0.2) is 41.6 Å². The highest BCUT2D eigenvalue weighted by molar-refractivity contribution is 7.98. The molecule has 0 atom stereocenters. The molecule has 0 fully saturated rings. The van der Waals surface area contributed by atoms with E-state index in [0.29, 0.717) is 11.0 Å². The SMILES string of the molecule is CSc1nc(NNC(=O)/C=C/c2ccccc2)c2c3c(sc2n1)CCCC3. The molecule has 0 aliphatic heterocycles. The van der Waals surface area contributed by atoms with Gasteiger partial charge in [-0.3, -0.25) is 15.6 Å². The van der Waals surface area contributed by atoms with Gasteiger partial charge in [0.2, 0.25) is 0 Å². The number of benzene rings is 1. The number of aryl methyl sites for hydroxylation is 2. The fraction of sp³-hybridized carbons (Fsp3) is 0.250. The van der Waals surface area contributed by atoms with E-state index in [1.54, 1.807) is 17.4 Å². The van der Waals surface area contributed by atoms with Gasteiger partial charge in [-0.25, -0.2) is 9.97 Å². The van der Waals surface area contributed by atoms with Crippen LogP contribution >= 0.6 is 23.1 Å². The Balaban J connectivity index is 1.56. The van der Waals surface area contributed by atoms with Gasteiger partial charge in [0.05, 0.1) is 5.39 Å². The monoisotopic (exact) mass is 396 g/mol. The molecule has 0 spiro atoms. The van der Waals surface area contributed by atoms with Crippen molar-refractivity contribution in [2.45, 2.75) is 30.8 Å². The molecule has 2 aromatic heterocycles. The summed E-state index contributed by atoms with van der Waals surface area (Å²) in [6.45, 7) is 0. The van der Waals surface area contributed by atoms with Crippen molar-refractivity contribution in [3.63, 3.8) is 0 Å². The van der Waals surface area contributed by atoms with Crippen molar-refractivity contribution < 1.29 is 4.79 Å². The van der Waals surface area contributed by atoms with E-state index in [-0.39, 0.29) is 5.91 Å². The molecule has 1 amide bonds. The molecule has 0 unspecified atom stereocenters. The molecule has 138 valence electrons. The molecule has 27 heavy (non-hydrogen) atoms. The van der Waals surface area contributed by atoms with Crippen molar-refractivity contribution >= 4 is 51.1 Å². The molecule has 0 radical (unpaired) electrons. The maximum absolute atomic E-state index is 12.2. The summed E-state index contributed by atoms with van der Waals surface area (Å²) in [5.74, 6) is 0.464. The highest BCUT2D eigenvalue weighted by Crippen LogP contribution is 2.39. The summed E-state index contributed by atoms with van der Waals surface area (Å²) in [6, 6.07) is 9.74. The fourth-order valence-electron chi connectivity index (χ4n) is 3.22. The van der Waals surface area contributed by atoms with Crippen molar-refractivity contribution in [3.05, 3.63) is 52.4 Å². The van der Waals surface area contributed by atoms with Gasteiger partial charge < -0.3 is 0 Å². The van der Waals surface area contributed by atoms with E-state index in [9.17, 15) is 4.79 Å². The molecule has 1 aromatic carbocycles. The Morgan fingerprint density at radius 3 is 2.81 bits per heavy atom. The second-order valence-corrected chi connectivity index (χ2v) is 8.17. The predicted octanol–water partition coefficient (Wildman–Crippen LogP) is 4.45. The van der Waals surface area contributed by atoms with Crippen LogP contribution < -0.4 is 10.9 Å². The van der Waals surface area contributed by atoms with Crippen molar-refractivity contribution in [2.24, 2.45) is 0 Å². The number of carbonyl (C=O) groups excluding carboxylic acids is 1. The topological polar surface area (TPSA) is 66.9 Å². The van der Waals surface area contributed by atoms with Crippen molar-refractivity contribution in [1.29, 1.82) is 0 Å². The second-order valence-electron chi connectivity index (χ2n) is 6.31. The van der Waals surface area contributed by atoms with Crippen LogP contribution in [0, 0.1) is 0 Å². The van der Waals surface area contributed by atoms with Gasteiger partial charge in [-0.05, 0) is 49.1 Å². The molecule has 0 bridgehead atoms. The van der Waals surface area contributed by atoms with Crippen molar-refractivity contribution in [1.82, 2.24) is 15.4 Å². The highest BCUT2D eigenvalue weighted by atomic mass is 32.2. The lowest BCUT2D eigenvalue weighted by atomic mass is 9.97. The van der Waals surface area contributed by atoms with Crippen LogP contribution in [0.3, 0.4) is 0 Å². The Morgan fingerprint density at radius 2 is 2.00 bits per heavy atom. The number of anilines is 1. The third-order valence-corrected chi connectivity index (χ3v) is 6.24. The molecule has 0 saturated carbocycles. The minimum atomic E-state index is -0.222. The van der Waals surface area contributed by atoms with E-state index in [1.165, 1.54) is 41.1 Å². The van der Waals surface area contributed by atoms with Crippen molar-refractivity contribution in [2.75, 3.05) is 11.7 Å². The average Bonchev–Trinajstić information content (AvgIpc) is 3.09. The van der Waals surface area contributed by atoms with E-state index in [2.05, 4.69) is 20.8 Å². The summed E-state index contributed by atoms with van der Waals surface area (Å²) < 4.78 is 0. The van der Waals surface area contributed by atoms with Crippen LogP contribution in [-0.2, 0) is 17.6 Å². The Bertz CT molecular complexity index is 998. The first-order valence-corrected chi connectivity index (χ1v) is 10.9. The smallest absolute Gasteiger partial charge is 0.262 e. The van der Waals surface area contributed by atoms with Gasteiger partial charge in [0.15, 0.2) is 11.0 Å². The fourth-order valence-corrected chi connectivity index (χ4v) is 4.90. The van der Waals surface area contributed by atoms with E-state index >= 15 is 0 Å². The molecule has 7 heteroatoms. The number of nitrogens with zero attached hydrogens (tertiary/aromatic N) is 2. The number of nitrogens with one attached hydrogen (secondary N) is 2. The lowest BCUT2D eigenvalue weighted by Crippen LogP contribution is -2.28. The minimum absolute atomic E-state index is 0.222. The Kier molecular flexibility index (Phi) is 5.40. The summed E-state index contributed by atoms with van der Waals surface area (Å²) in [5.41, 5.74) is 8.08. The van der Waals surface area contributed by atoms with Gasteiger partial charge in [0, 0.05) is 11.0 Å². The Hall–Kier alpha value is -2.38. The zero-order valence-electron chi connectivity index (χ0n) is 15.0. The van der Waals surface area contributed by atoms with E-state index in [1.807, 2.05) is 36.6 Å². The zero-order valence-corrected chi connectivity index (χ0v) is 16.6. The average molecular weight is 397 g/mol. The van der Waals surface area contributed by atoms with Crippen LogP contribution in [0.2, 0.25) is 0 Å². The summed E-state index contributed by atoms with van der Waals surface area (Å²) in [5, 5.41) is 1.76. The molecule has 2 N–H and O–H groups in total. The third kappa shape index (κ3) is 3.99. The first kappa shape index (κ1) is 18.0. The van der Waals surface area contributed by atoms with Crippen LogP contribution in [0.4, 0.5) is 5.82 Å². The molecule has 2 heterocycles.